The molecule has 3 nitrogen and oxygen atoms in total. The number of nitrogens with zero attached hydrogens (tertiary/aromatic N) is 1. The SMILES string of the molecule is O=C(Oc1ccc(F)cc1)c1nc(Cl)c(Cl)c(Cl)c1Cl. The summed E-state index contributed by atoms with van der Waals surface area (Å²) in [6, 6.07) is 4.83. The number of benzene rings is 1. The number of aromatic nitrogens is 1. The van der Waals surface area contributed by atoms with Crippen molar-refractivity contribution >= 4 is 52.4 Å². The lowest BCUT2D eigenvalue weighted by Gasteiger charge is -2.08. The van der Waals surface area contributed by atoms with Crippen LogP contribution in [0.15, 0.2) is 24.3 Å². The van der Waals surface area contributed by atoms with E-state index >= 15 is 0 Å². The highest BCUT2D eigenvalue weighted by Crippen LogP contribution is 2.36. The van der Waals surface area contributed by atoms with Crippen LogP contribution in [-0.4, -0.2) is 11.0 Å². The molecule has 0 spiro atoms. The van der Waals surface area contributed by atoms with Gasteiger partial charge in [0.2, 0.25) is 0 Å². The Hall–Kier alpha value is -1.07. The topological polar surface area (TPSA) is 39.2 Å². The minimum atomic E-state index is -0.887. The van der Waals surface area contributed by atoms with Crippen molar-refractivity contribution in [1.82, 2.24) is 4.98 Å². The molecule has 1 aromatic heterocycles. The van der Waals surface area contributed by atoms with E-state index in [0.717, 1.165) is 12.1 Å². The van der Waals surface area contributed by atoms with Crippen LogP contribution in [0.5, 0.6) is 5.75 Å². The molecule has 0 saturated carbocycles. The van der Waals surface area contributed by atoms with E-state index in [2.05, 4.69) is 4.98 Å². The number of rotatable bonds is 2. The summed E-state index contributed by atoms with van der Waals surface area (Å²) in [5.74, 6) is -1.22. The van der Waals surface area contributed by atoms with Gasteiger partial charge in [0.05, 0.1) is 15.1 Å². The van der Waals surface area contributed by atoms with Crippen molar-refractivity contribution in [2.75, 3.05) is 0 Å². The fourth-order valence-corrected chi connectivity index (χ4v) is 2.09. The highest BCUT2D eigenvalue weighted by molar-refractivity contribution is 6.52. The summed E-state index contributed by atoms with van der Waals surface area (Å²) in [6.45, 7) is 0. The lowest BCUT2D eigenvalue weighted by molar-refractivity contribution is 0.0728. The van der Waals surface area contributed by atoms with Gasteiger partial charge < -0.3 is 4.74 Å². The largest absolute Gasteiger partial charge is 0.422 e. The lowest BCUT2D eigenvalue weighted by Crippen LogP contribution is -2.12. The first-order chi connectivity index (χ1) is 9.40. The van der Waals surface area contributed by atoms with Crippen LogP contribution in [0.2, 0.25) is 20.2 Å². The summed E-state index contributed by atoms with van der Waals surface area (Å²) in [5.41, 5.74) is -0.282. The molecule has 0 amide bonds. The van der Waals surface area contributed by atoms with E-state index in [1.165, 1.54) is 12.1 Å². The fraction of sp³-hybridized carbons (Fsp3) is 0. The summed E-state index contributed by atoms with van der Waals surface area (Å²) in [7, 11) is 0. The summed E-state index contributed by atoms with van der Waals surface area (Å²) < 4.78 is 17.7. The molecule has 2 rings (SSSR count). The van der Waals surface area contributed by atoms with E-state index in [1.807, 2.05) is 0 Å². The van der Waals surface area contributed by atoms with E-state index in [4.69, 9.17) is 51.1 Å². The zero-order valence-corrected chi connectivity index (χ0v) is 12.5. The molecule has 0 unspecified atom stereocenters. The smallest absolute Gasteiger partial charge is 0.364 e. The Labute approximate surface area is 133 Å². The molecule has 1 aromatic carbocycles. The van der Waals surface area contributed by atoms with Crippen LogP contribution in [0.25, 0.3) is 0 Å². The number of hydrogen-bond acceptors (Lipinski definition) is 3. The molecule has 0 atom stereocenters. The maximum Gasteiger partial charge on any atom is 0.364 e. The maximum atomic E-state index is 12.7. The van der Waals surface area contributed by atoms with Gasteiger partial charge in [-0.1, -0.05) is 46.4 Å². The van der Waals surface area contributed by atoms with Crippen molar-refractivity contribution in [3.8, 4) is 5.75 Å². The summed E-state index contributed by atoms with van der Waals surface area (Å²) in [5, 5.41) is -0.503. The molecule has 0 aliphatic heterocycles. The molecule has 0 radical (unpaired) electrons. The lowest BCUT2D eigenvalue weighted by atomic mass is 10.3. The van der Waals surface area contributed by atoms with Gasteiger partial charge in [-0.15, -0.1) is 0 Å². The third-order valence-electron chi connectivity index (χ3n) is 2.20. The Morgan fingerprint density at radius 3 is 2.20 bits per heavy atom. The number of halogens is 5. The molecular formula is C12H4Cl4FNO2. The quantitative estimate of drug-likeness (QED) is 0.430. The zero-order chi connectivity index (χ0) is 14.9. The minimum Gasteiger partial charge on any atom is -0.422 e. The number of hydrogen-bond donors (Lipinski definition) is 0. The Bertz CT molecular complexity index is 676. The molecule has 0 N–H and O–H groups in total. The molecule has 1 heterocycles. The molecule has 8 heteroatoms. The Kier molecular flexibility index (Phi) is 4.70. The molecule has 2 aromatic rings. The van der Waals surface area contributed by atoms with Gasteiger partial charge in [-0.25, -0.2) is 14.2 Å². The van der Waals surface area contributed by atoms with Crippen LogP contribution < -0.4 is 4.74 Å². The van der Waals surface area contributed by atoms with Crippen LogP contribution >= 0.6 is 46.4 Å². The molecule has 0 bridgehead atoms. The average Bonchev–Trinajstić information content (AvgIpc) is 2.43. The normalized spacial score (nSPS) is 10.4. The number of ether oxygens (including phenoxy) is 1. The third-order valence-corrected chi connectivity index (χ3v) is 3.88. The standard InChI is InChI=1S/C12H4Cl4FNO2/c13-7-8(14)10(18-11(16)9(7)15)12(19)20-6-3-1-5(17)2-4-6/h1-4H. The van der Waals surface area contributed by atoms with Gasteiger partial charge in [0.25, 0.3) is 0 Å². The van der Waals surface area contributed by atoms with Gasteiger partial charge in [0, 0.05) is 0 Å². The number of pyridine rings is 1. The number of esters is 1. The van der Waals surface area contributed by atoms with Gasteiger partial charge in [0.15, 0.2) is 5.69 Å². The van der Waals surface area contributed by atoms with Crippen molar-refractivity contribution < 1.29 is 13.9 Å². The van der Waals surface area contributed by atoms with E-state index in [-0.39, 0.29) is 31.7 Å². The highest BCUT2D eigenvalue weighted by atomic mass is 35.5. The Morgan fingerprint density at radius 1 is 1.00 bits per heavy atom. The molecule has 104 valence electrons. The van der Waals surface area contributed by atoms with Crippen molar-refractivity contribution in [3.63, 3.8) is 0 Å². The second-order valence-corrected chi connectivity index (χ2v) is 5.03. The second kappa shape index (κ2) is 6.14. The molecule has 0 saturated heterocycles. The molecule has 0 fully saturated rings. The number of carbonyl (C=O) groups is 1. The highest BCUT2D eigenvalue weighted by Gasteiger charge is 2.21. The first kappa shape index (κ1) is 15.3. The maximum absolute atomic E-state index is 12.7. The van der Waals surface area contributed by atoms with Gasteiger partial charge in [0.1, 0.15) is 16.7 Å². The second-order valence-electron chi connectivity index (χ2n) is 3.54. The molecule has 0 aliphatic carbocycles. The Balaban J connectivity index is 2.32. The Morgan fingerprint density at radius 2 is 1.60 bits per heavy atom. The summed E-state index contributed by atoms with van der Waals surface area (Å²) >= 11 is 23.1. The van der Waals surface area contributed by atoms with E-state index < -0.39 is 11.8 Å². The molecular weight excluding hydrogens is 351 g/mol. The van der Waals surface area contributed by atoms with E-state index in [9.17, 15) is 9.18 Å². The van der Waals surface area contributed by atoms with Crippen LogP contribution in [-0.2, 0) is 0 Å². The van der Waals surface area contributed by atoms with Gasteiger partial charge in [-0.3, -0.25) is 0 Å². The van der Waals surface area contributed by atoms with Crippen LogP contribution in [0.1, 0.15) is 10.5 Å². The van der Waals surface area contributed by atoms with Crippen molar-refractivity contribution in [3.05, 3.63) is 56.0 Å². The van der Waals surface area contributed by atoms with E-state index in [1.54, 1.807) is 0 Å². The summed E-state index contributed by atoms with van der Waals surface area (Å²) in [6.07, 6.45) is 0. The van der Waals surface area contributed by atoms with E-state index in [0.29, 0.717) is 0 Å². The van der Waals surface area contributed by atoms with Crippen molar-refractivity contribution in [2.24, 2.45) is 0 Å². The van der Waals surface area contributed by atoms with Crippen LogP contribution in [0, 0.1) is 5.82 Å². The van der Waals surface area contributed by atoms with Crippen LogP contribution in [0.4, 0.5) is 4.39 Å². The zero-order valence-electron chi connectivity index (χ0n) is 9.46. The van der Waals surface area contributed by atoms with Gasteiger partial charge >= 0.3 is 5.97 Å². The van der Waals surface area contributed by atoms with Crippen molar-refractivity contribution in [1.29, 1.82) is 0 Å². The molecule has 0 aliphatic rings. The first-order valence-electron chi connectivity index (χ1n) is 5.08. The average molecular weight is 355 g/mol. The van der Waals surface area contributed by atoms with Gasteiger partial charge in [-0.2, -0.15) is 0 Å². The minimum absolute atomic E-state index is 0.0586. The monoisotopic (exact) mass is 353 g/mol. The third kappa shape index (κ3) is 3.15. The predicted molar refractivity (Wildman–Crippen MR) is 75.6 cm³/mol. The first-order valence-corrected chi connectivity index (χ1v) is 6.59. The van der Waals surface area contributed by atoms with Gasteiger partial charge in [-0.05, 0) is 24.3 Å². The summed E-state index contributed by atoms with van der Waals surface area (Å²) in [4.78, 5) is 15.6. The predicted octanol–water partition coefficient (Wildman–Crippen LogP) is 5.05. The van der Waals surface area contributed by atoms with Crippen molar-refractivity contribution in [2.45, 2.75) is 0 Å². The van der Waals surface area contributed by atoms with Crippen LogP contribution in [0.3, 0.4) is 0 Å². The fourth-order valence-electron chi connectivity index (χ4n) is 1.28. The molecule has 20 heavy (non-hydrogen) atoms. The number of carbonyl (C=O) groups excluding carboxylic acids is 1.